The third-order valence-corrected chi connectivity index (χ3v) is 4.54. The van der Waals surface area contributed by atoms with Crippen molar-refractivity contribution in [2.75, 3.05) is 0 Å². The number of halogens is 3. The molecule has 1 aliphatic carbocycles. The highest BCUT2D eigenvalue weighted by molar-refractivity contribution is 5.76. The van der Waals surface area contributed by atoms with Gasteiger partial charge in [-0.25, -0.2) is 0 Å². The maximum Gasteiger partial charge on any atom is 0.435 e. The molecule has 6 nitrogen and oxygen atoms in total. The Balaban J connectivity index is 1.62. The molecule has 142 valence electrons. The molecule has 0 aromatic carbocycles. The summed E-state index contributed by atoms with van der Waals surface area (Å²) in [7, 11) is 1.81. The summed E-state index contributed by atoms with van der Waals surface area (Å²) in [4.78, 5) is 12.2. The van der Waals surface area contributed by atoms with Gasteiger partial charge in [0.05, 0.1) is 11.7 Å². The lowest BCUT2D eigenvalue weighted by Crippen LogP contribution is -2.28. The second kappa shape index (κ2) is 6.77. The van der Waals surface area contributed by atoms with Gasteiger partial charge in [-0.3, -0.25) is 14.2 Å². The van der Waals surface area contributed by atoms with E-state index < -0.39 is 11.9 Å². The number of rotatable bonds is 6. The number of alkyl halides is 3. The predicted octanol–water partition coefficient (Wildman–Crippen LogP) is 3.09. The van der Waals surface area contributed by atoms with Crippen molar-refractivity contribution in [3.63, 3.8) is 0 Å². The molecular formula is C17H22F3N5O. The Hall–Kier alpha value is -2.32. The summed E-state index contributed by atoms with van der Waals surface area (Å²) in [6.07, 6.45) is -0.820. The molecule has 9 heteroatoms. The fourth-order valence-corrected chi connectivity index (χ4v) is 3.10. The van der Waals surface area contributed by atoms with Crippen LogP contribution in [0.2, 0.25) is 0 Å². The molecule has 1 amide bonds. The van der Waals surface area contributed by atoms with Crippen LogP contribution in [0.4, 0.5) is 13.2 Å². The van der Waals surface area contributed by atoms with Gasteiger partial charge in [-0.1, -0.05) is 0 Å². The molecule has 2 aromatic rings. The van der Waals surface area contributed by atoms with Crippen LogP contribution in [0.3, 0.4) is 0 Å². The number of amides is 1. The van der Waals surface area contributed by atoms with Gasteiger partial charge in [0.2, 0.25) is 5.91 Å². The molecule has 1 unspecified atom stereocenters. The summed E-state index contributed by atoms with van der Waals surface area (Å²) >= 11 is 0. The summed E-state index contributed by atoms with van der Waals surface area (Å²) in [5.74, 6) is -0.106. The van der Waals surface area contributed by atoms with Crippen molar-refractivity contribution in [1.29, 1.82) is 0 Å². The van der Waals surface area contributed by atoms with Gasteiger partial charge in [0.1, 0.15) is 0 Å². The Morgan fingerprint density at radius 3 is 2.62 bits per heavy atom. The van der Waals surface area contributed by atoms with E-state index in [1.54, 1.807) is 11.7 Å². The molecule has 26 heavy (non-hydrogen) atoms. The second-order valence-electron chi connectivity index (χ2n) is 6.83. The monoisotopic (exact) mass is 369 g/mol. The van der Waals surface area contributed by atoms with Crippen LogP contribution in [0.1, 0.15) is 60.8 Å². The van der Waals surface area contributed by atoms with Gasteiger partial charge in [0.25, 0.3) is 0 Å². The van der Waals surface area contributed by atoms with Gasteiger partial charge in [0, 0.05) is 43.4 Å². The molecule has 1 saturated carbocycles. The predicted molar refractivity (Wildman–Crippen MR) is 88.3 cm³/mol. The van der Waals surface area contributed by atoms with Crippen LogP contribution < -0.4 is 5.32 Å². The van der Waals surface area contributed by atoms with Crippen molar-refractivity contribution >= 4 is 5.91 Å². The Bertz CT molecular complexity index is 804. The van der Waals surface area contributed by atoms with Gasteiger partial charge in [-0.15, -0.1) is 0 Å². The van der Waals surface area contributed by atoms with E-state index >= 15 is 0 Å². The Kier molecular flexibility index (Phi) is 4.81. The zero-order chi connectivity index (χ0) is 19.1. The lowest BCUT2D eigenvalue weighted by molar-refractivity contribution is -0.141. The van der Waals surface area contributed by atoms with E-state index in [2.05, 4.69) is 15.5 Å². The van der Waals surface area contributed by atoms with Crippen molar-refractivity contribution in [2.45, 2.75) is 57.8 Å². The minimum Gasteiger partial charge on any atom is -0.349 e. The quantitative estimate of drug-likeness (QED) is 0.851. The maximum atomic E-state index is 12.9. The zero-order valence-corrected chi connectivity index (χ0v) is 15.0. The molecule has 1 fully saturated rings. The van der Waals surface area contributed by atoms with E-state index in [0.717, 1.165) is 30.2 Å². The minimum atomic E-state index is -4.47. The standard InChI is InChI=1S/C17H22F3N5O/c1-10(13-9-24(3)22-11(13)2)21-16(26)6-7-25-14(12-4-5-12)8-15(23-25)17(18,19)20/h8-10,12H,4-7H2,1-3H3,(H,21,26). The normalized spacial score (nSPS) is 15.9. The summed E-state index contributed by atoms with van der Waals surface area (Å²) in [6.45, 7) is 3.85. The fourth-order valence-electron chi connectivity index (χ4n) is 3.10. The molecular weight excluding hydrogens is 347 g/mol. The number of carbonyl (C=O) groups is 1. The van der Waals surface area contributed by atoms with Crippen LogP contribution in [0.25, 0.3) is 0 Å². The molecule has 3 rings (SSSR count). The van der Waals surface area contributed by atoms with Crippen LogP contribution in [0.5, 0.6) is 0 Å². The Morgan fingerprint density at radius 1 is 1.38 bits per heavy atom. The van der Waals surface area contributed by atoms with Crippen molar-refractivity contribution in [2.24, 2.45) is 7.05 Å². The summed E-state index contributed by atoms with van der Waals surface area (Å²) in [5, 5.41) is 10.8. The van der Waals surface area contributed by atoms with Gasteiger partial charge >= 0.3 is 6.18 Å². The van der Waals surface area contributed by atoms with E-state index in [1.165, 1.54) is 4.68 Å². The van der Waals surface area contributed by atoms with Gasteiger partial charge < -0.3 is 5.32 Å². The molecule has 2 heterocycles. The number of nitrogens with one attached hydrogen (secondary N) is 1. The Labute approximate surface area is 149 Å². The minimum absolute atomic E-state index is 0.0718. The van der Waals surface area contributed by atoms with Gasteiger partial charge in [0.15, 0.2) is 5.69 Å². The SMILES string of the molecule is Cc1nn(C)cc1C(C)NC(=O)CCn1nc(C(F)(F)F)cc1C1CC1. The lowest BCUT2D eigenvalue weighted by atomic mass is 10.1. The van der Waals surface area contributed by atoms with E-state index in [0.29, 0.717) is 5.69 Å². The third-order valence-electron chi connectivity index (χ3n) is 4.54. The molecule has 0 bridgehead atoms. The Morgan fingerprint density at radius 2 is 2.08 bits per heavy atom. The van der Waals surface area contributed by atoms with Gasteiger partial charge in [-0.2, -0.15) is 23.4 Å². The maximum absolute atomic E-state index is 12.9. The number of nitrogens with zero attached hydrogens (tertiary/aromatic N) is 4. The van der Waals surface area contributed by atoms with E-state index in [-0.39, 0.29) is 30.8 Å². The number of aromatic nitrogens is 4. The highest BCUT2D eigenvalue weighted by atomic mass is 19.4. The molecule has 0 spiro atoms. The zero-order valence-electron chi connectivity index (χ0n) is 15.0. The van der Waals surface area contributed by atoms with Crippen LogP contribution in [0.15, 0.2) is 12.3 Å². The van der Waals surface area contributed by atoms with Crippen LogP contribution in [-0.4, -0.2) is 25.5 Å². The summed E-state index contributed by atoms with van der Waals surface area (Å²) < 4.78 is 41.7. The first-order valence-corrected chi connectivity index (χ1v) is 8.59. The number of aryl methyl sites for hydroxylation is 3. The average Bonchev–Trinajstić information content (AvgIpc) is 3.18. The largest absolute Gasteiger partial charge is 0.435 e. The number of hydrogen-bond acceptors (Lipinski definition) is 3. The topological polar surface area (TPSA) is 64.7 Å². The molecule has 0 aliphatic heterocycles. The highest BCUT2D eigenvalue weighted by Gasteiger charge is 2.37. The third kappa shape index (κ3) is 4.08. The van der Waals surface area contributed by atoms with Crippen molar-refractivity contribution in [1.82, 2.24) is 24.9 Å². The molecule has 1 N–H and O–H groups in total. The molecule has 0 radical (unpaired) electrons. The van der Waals surface area contributed by atoms with E-state index in [9.17, 15) is 18.0 Å². The fraction of sp³-hybridized carbons (Fsp3) is 0.588. The molecule has 0 saturated heterocycles. The first-order chi connectivity index (χ1) is 12.1. The first kappa shape index (κ1) is 18.5. The van der Waals surface area contributed by atoms with E-state index in [1.807, 2.05) is 20.0 Å². The van der Waals surface area contributed by atoms with Crippen LogP contribution in [0, 0.1) is 6.92 Å². The summed E-state index contributed by atoms with van der Waals surface area (Å²) in [6, 6.07) is 0.888. The second-order valence-corrected chi connectivity index (χ2v) is 6.83. The smallest absolute Gasteiger partial charge is 0.349 e. The summed E-state index contributed by atoms with van der Waals surface area (Å²) in [5.41, 5.74) is 1.43. The molecule has 1 aliphatic rings. The molecule has 2 aromatic heterocycles. The first-order valence-electron chi connectivity index (χ1n) is 8.59. The van der Waals surface area contributed by atoms with Crippen molar-refractivity contribution in [3.05, 3.63) is 34.9 Å². The van der Waals surface area contributed by atoms with Crippen LogP contribution in [-0.2, 0) is 24.6 Å². The highest BCUT2D eigenvalue weighted by Crippen LogP contribution is 2.42. The van der Waals surface area contributed by atoms with Crippen LogP contribution >= 0.6 is 0 Å². The van der Waals surface area contributed by atoms with Gasteiger partial charge in [-0.05, 0) is 32.8 Å². The number of carbonyl (C=O) groups excluding carboxylic acids is 1. The average molecular weight is 369 g/mol. The number of hydrogen-bond donors (Lipinski definition) is 1. The van der Waals surface area contributed by atoms with Crippen molar-refractivity contribution in [3.8, 4) is 0 Å². The van der Waals surface area contributed by atoms with E-state index in [4.69, 9.17) is 0 Å². The molecule has 1 atom stereocenters. The van der Waals surface area contributed by atoms with Crippen molar-refractivity contribution < 1.29 is 18.0 Å². The lowest BCUT2D eigenvalue weighted by Gasteiger charge is -2.14.